The average molecular weight is 381 g/mol. The van der Waals surface area contributed by atoms with E-state index in [-0.39, 0.29) is 17.8 Å². The van der Waals surface area contributed by atoms with Gasteiger partial charge in [0.2, 0.25) is 0 Å². The van der Waals surface area contributed by atoms with Gasteiger partial charge >= 0.3 is 0 Å². The maximum absolute atomic E-state index is 13.5. The quantitative estimate of drug-likeness (QED) is 0.690. The van der Waals surface area contributed by atoms with Gasteiger partial charge in [-0.05, 0) is 60.5 Å². The van der Waals surface area contributed by atoms with E-state index in [1.165, 1.54) is 30.3 Å². The molecule has 0 spiro atoms. The Morgan fingerprint density at radius 3 is 2.78 bits per heavy atom. The normalized spacial score (nSPS) is 21.4. The van der Waals surface area contributed by atoms with E-state index in [1.54, 1.807) is 30.6 Å². The van der Waals surface area contributed by atoms with Crippen molar-refractivity contribution < 1.29 is 9.18 Å². The Morgan fingerprint density at radius 1 is 1.19 bits per heavy atom. The number of aliphatic imine (C=N–C) groups is 1. The molecule has 0 atom stereocenters. The third-order valence-electron chi connectivity index (χ3n) is 4.79. The number of benzene rings is 1. The van der Waals surface area contributed by atoms with Crippen LogP contribution in [0, 0.1) is 5.82 Å². The van der Waals surface area contributed by atoms with Crippen molar-refractivity contribution in [3.8, 4) is 0 Å². The molecule has 0 bridgehead atoms. The van der Waals surface area contributed by atoms with Crippen LogP contribution in [0.3, 0.4) is 0 Å². The Morgan fingerprint density at radius 2 is 2.04 bits per heavy atom. The molecule has 1 saturated carbocycles. The maximum Gasteiger partial charge on any atom is 0.267 e. The standard InChI is InChI=1S/C21H20FN3OS/c22-16-7-4-6-15(12-16)13-19-20(26)25(18-9-2-1-3-10-18)21(27-19)24-17-8-5-11-23-14-17/h4-8,11-14,18H,1-3,9-10H2/b19-13-,24-21?. The Bertz CT molecular complexity index is 891. The van der Waals surface area contributed by atoms with E-state index in [0.29, 0.717) is 15.6 Å². The molecular formula is C21H20FN3OS. The van der Waals surface area contributed by atoms with Crippen molar-refractivity contribution in [1.82, 2.24) is 9.88 Å². The number of carbonyl (C=O) groups excluding carboxylic acids is 1. The van der Waals surface area contributed by atoms with Crippen LogP contribution < -0.4 is 0 Å². The lowest BCUT2D eigenvalue weighted by Gasteiger charge is -2.30. The monoisotopic (exact) mass is 381 g/mol. The van der Waals surface area contributed by atoms with E-state index in [9.17, 15) is 9.18 Å². The number of thioether (sulfide) groups is 1. The van der Waals surface area contributed by atoms with Gasteiger partial charge < -0.3 is 0 Å². The zero-order valence-corrected chi connectivity index (χ0v) is 15.7. The van der Waals surface area contributed by atoms with Crippen LogP contribution in [0.1, 0.15) is 37.7 Å². The first kappa shape index (κ1) is 17.9. The predicted octanol–water partition coefficient (Wildman–Crippen LogP) is 5.16. The number of rotatable bonds is 3. The lowest BCUT2D eigenvalue weighted by molar-refractivity contribution is -0.124. The van der Waals surface area contributed by atoms with Crippen molar-refractivity contribution in [1.29, 1.82) is 0 Å². The fourth-order valence-electron chi connectivity index (χ4n) is 3.50. The van der Waals surface area contributed by atoms with Crippen molar-refractivity contribution in [3.05, 3.63) is 65.1 Å². The van der Waals surface area contributed by atoms with Gasteiger partial charge in [0.25, 0.3) is 5.91 Å². The van der Waals surface area contributed by atoms with Gasteiger partial charge in [-0.15, -0.1) is 0 Å². The highest BCUT2D eigenvalue weighted by Gasteiger charge is 2.38. The van der Waals surface area contributed by atoms with Crippen molar-refractivity contribution >= 4 is 34.6 Å². The average Bonchev–Trinajstić information content (AvgIpc) is 2.98. The first-order valence-electron chi connectivity index (χ1n) is 9.18. The van der Waals surface area contributed by atoms with Crippen molar-refractivity contribution in [2.45, 2.75) is 38.1 Å². The zero-order valence-electron chi connectivity index (χ0n) is 14.8. The maximum atomic E-state index is 13.5. The van der Waals surface area contributed by atoms with Gasteiger partial charge in [-0.1, -0.05) is 31.4 Å². The Balaban J connectivity index is 1.69. The number of hydrogen-bond acceptors (Lipinski definition) is 4. The molecule has 6 heteroatoms. The highest BCUT2D eigenvalue weighted by Crippen LogP contribution is 2.38. The molecule has 1 aliphatic heterocycles. The summed E-state index contributed by atoms with van der Waals surface area (Å²) in [6, 6.07) is 10.2. The smallest absolute Gasteiger partial charge is 0.267 e. The van der Waals surface area contributed by atoms with Gasteiger partial charge in [-0.25, -0.2) is 9.38 Å². The highest BCUT2D eigenvalue weighted by molar-refractivity contribution is 8.18. The predicted molar refractivity (Wildman–Crippen MR) is 107 cm³/mol. The van der Waals surface area contributed by atoms with Crippen LogP contribution in [0.15, 0.2) is 58.7 Å². The molecule has 2 aliphatic rings. The SMILES string of the molecule is O=C1/C(=C/c2cccc(F)c2)SC(=Nc2cccnc2)N1C1CCCCC1. The van der Waals surface area contributed by atoms with Crippen molar-refractivity contribution in [2.24, 2.45) is 4.99 Å². The fraction of sp³-hybridized carbons (Fsp3) is 0.286. The Labute approximate surface area is 162 Å². The number of amides is 1. The minimum absolute atomic E-state index is 0.0428. The minimum Gasteiger partial charge on any atom is -0.283 e. The van der Waals surface area contributed by atoms with Crippen molar-refractivity contribution in [3.63, 3.8) is 0 Å². The lowest BCUT2D eigenvalue weighted by Crippen LogP contribution is -2.40. The summed E-state index contributed by atoms with van der Waals surface area (Å²) in [7, 11) is 0. The van der Waals surface area contributed by atoms with Gasteiger partial charge in [0.15, 0.2) is 5.17 Å². The molecule has 2 aromatic rings. The molecule has 27 heavy (non-hydrogen) atoms. The number of carbonyl (C=O) groups is 1. The topological polar surface area (TPSA) is 45.6 Å². The molecule has 1 saturated heterocycles. The van der Waals surface area contributed by atoms with E-state index in [1.807, 2.05) is 17.0 Å². The molecule has 4 rings (SSSR count). The van der Waals surface area contributed by atoms with E-state index in [4.69, 9.17) is 0 Å². The summed E-state index contributed by atoms with van der Waals surface area (Å²) in [5.41, 5.74) is 1.40. The molecule has 1 aromatic carbocycles. The van der Waals surface area contributed by atoms with Gasteiger partial charge in [-0.2, -0.15) is 0 Å². The Hall–Kier alpha value is -2.47. The van der Waals surface area contributed by atoms with Crippen LogP contribution in [-0.2, 0) is 4.79 Å². The molecule has 1 amide bonds. The summed E-state index contributed by atoms with van der Waals surface area (Å²) in [6.07, 6.45) is 10.6. The third-order valence-corrected chi connectivity index (χ3v) is 5.78. The molecule has 1 aromatic heterocycles. The molecule has 0 unspecified atom stereocenters. The number of amidine groups is 1. The number of halogens is 1. The van der Waals surface area contributed by atoms with E-state index in [0.717, 1.165) is 31.4 Å². The molecule has 138 valence electrons. The summed E-state index contributed by atoms with van der Waals surface area (Å²) in [5, 5.41) is 0.683. The molecule has 4 nitrogen and oxygen atoms in total. The fourth-order valence-corrected chi connectivity index (χ4v) is 4.56. The van der Waals surface area contributed by atoms with E-state index in [2.05, 4.69) is 9.98 Å². The second kappa shape index (κ2) is 8.05. The van der Waals surface area contributed by atoms with Crippen LogP contribution in [-0.4, -0.2) is 27.0 Å². The number of aromatic nitrogens is 1. The van der Waals surface area contributed by atoms with Gasteiger partial charge in [0, 0.05) is 12.2 Å². The summed E-state index contributed by atoms with van der Waals surface area (Å²) in [4.78, 5) is 24.3. The molecule has 0 radical (unpaired) electrons. The number of pyridine rings is 1. The first-order chi connectivity index (χ1) is 13.2. The summed E-state index contributed by atoms with van der Waals surface area (Å²) >= 11 is 1.35. The van der Waals surface area contributed by atoms with E-state index >= 15 is 0 Å². The van der Waals surface area contributed by atoms with Gasteiger partial charge in [-0.3, -0.25) is 14.7 Å². The second-order valence-corrected chi connectivity index (χ2v) is 7.75. The van der Waals surface area contributed by atoms with Gasteiger partial charge in [0.05, 0.1) is 16.8 Å². The zero-order chi connectivity index (χ0) is 18.6. The molecule has 2 heterocycles. The molecule has 0 N–H and O–H groups in total. The lowest BCUT2D eigenvalue weighted by atomic mass is 9.94. The van der Waals surface area contributed by atoms with Crippen LogP contribution >= 0.6 is 11.8 Å². The minimum atomic E-state index is -0.312. The molecular weight excluding hydrogens is 361 g/mol. The molecule has 2 fully saturated rings. The third kappa shape index (κ3) is 4.11. The van der Waals surface area contributed by atoms with Crippen LogP contribution in [0.25, 0.3) is 6.08 Å². The molecule has 1 aliphatic carbocycles. The highest BCUT2D eigenvalue weighted by atomic mass is 32.2. The van der Waals surface area contributed by atoms with Gasteiger partial charge in [0.1, 0.15) is 5.82 Å². The second-order valence-electron chi connectivity index (χ2n) is 6.74. The van der Waals surface area contributed by atoms with E-state index < -0.39 is 0 Å². The van der Waals surface area contributed by atoms with Crippen LogP contribution in [0.4, 0.5) is 10.1 Å². The number of hydrogen-bond donors (Lipinski definition) is 0. The summed E-state index contributed by atoms with van der Waals surface area (Å²) in [5.74, 6) is -0.355. The van der Waals surface area contributed by atoms with Crippen molar-refractivity contribution in [2.75, 3.05) is 0 Å². The van der Waals surface area contributed by atoms with Crippen LogP contribution in [0.2, 0.25) is 0 Å². The largest absolute Gasteiger partial charge is 0.283 e. The summed E-state index contributed by atoms with van der Waals surface area (Å²) in [6.45, 7) is 0. The Kier molecular flexibility index (Phi) is 5.34. The first-order valence-corrected chi connectivity index (χ1v) is 10.00. The van der Waals surface area contributed by atoms with Crippen LogP contribution in [0.5, 0.6) is 0 Å². The number of nitrogens with zero attached hydrogens (tertiary/aromatic N) is 3. The summed E-state index contributed by atoms with van der Waals surface area (Å²) < 4.78 is 13.5.